The van der Waals surface area contributed by atoms with Crippen molar-refractivity contribution in [2.75, 3.05) is 13.2 Å². The van der Waals surface area contributed by atoms with Gasteiger partial charge in [0.25, 0.3) is 0 Å². The van der Waals surface area contributed by atoms with E-state index in [1.165, 1.54) is 250 Å². The zero-order valence-electron chi connectivity index (χ0n) is 55.7. The van der Waals surface area contributed by atoms with Gasteiger partial charge in [-0.05, 0) is 83.5 Å². The molecule has 1 unspecified atom stereocenters. The number of allylic oxidation sites excluding steroid dienone is 10. The molecule has 0 aromatic heterocycles. The van der Waals surface area contributed by atoms with Gasteiger partial charge in [-0.3, -0.25) is 14.4 Å². The van der Waals surface area contributed by atoms with Crippen LogP contribution in [0.3, 0.4) is 0 Å². The first-order valence-electron chi connectivity index (χ1n) is 36.8. The first kappa shape index (κ1) is 80.1. The fraction of sp³-hybridized carbons (Fsp3) is 0.831. The van der Waals surface area contributed by atoms with Crippen LogP contribution in [0, 0.1) is 0 Å². The summed E-state index contributed by atoms with van der Waals surface area (Å²) in [5, 5.41) is 0. The molecule has 0 bridgehead atoms. The van der Waals surface area contributed by atoms with Gasteiger partial charge in [-0.15, -0.1) is 0 Å². The summed E-state index contributed by atoms with van der Waals surface area (Å²) in [4.78, 5) is 38.5. The van der Waals surface area contributed by atoms with Crippen molar-refractivity contribution in [1.82, 2.24) is 0 Å². The molecule has 0 rings (SSSR count). The predicted octanol–water partition coefficient (Wildman–Crippen LogP) is 25.5. The highest BCUT2D eigenvalue weighted by molar-refractivity contribution is 5.71. The van der Waals surface area contributed by atoms with Crippen LogP contribution in [0.15, 0.2) is 60.8 Å². The molecule has 0 heterocycles. The Hall–Kier alpha value is -2.89. The van der Waals surface area contributed by atoms with Gasteiger partial charge in [0.15, 0.2) is 6.10 Å². The van der Waals surface area contributed by atoms with E-state index in [0.717, 1.165) is 103 Å². The lowest BCUT2D eigenvalue weighted by molar-refractivity contribution is -0.167. The lowest BCUT2D eigenvalue weighted by Crippen LogP contribution is -2.30. The minimum absolute atomic E-state index is 0.0780. The summed E-state index contributed by atoms with van der Waals surface area (Å²) in [6.07, 6.45) is 92.7. The Labute approximate surface area is 517 Å². The van der Waals surface area contributed by atoms with Crippen molar-refractivity contribution in [3.8, 4) is 0 Å². The molecule has 484 valence electrons. The van der Waals surface area contributed by atoms with E-state index in [9.17, 15) is 14.4 Å². The third-order valence-corrected chi connectivity index (χ3v) is 16.5. The molecule has 0 saturated heterocycles. The zero-order valence-corrected chi connectivity index (χ0v) is 55.7. The predicted molar refractivity (Wildman–Crippen MR) is 362 cm³/mol. The van der Waals surface area contributed by atoms with Crippen LogP contribution in [0.2, 0.25) is 0 Å². The molecule has 0 aromatic carbocycles. The van der Waals surface area contributed by atoms with E-state index in [4.69, 9.17) is 14.2 Å². The fourth-order valence-corrected chi connectivity index (χ4v) is 11.0. The van der Waals surface area contributed by atoms with Crippen LogP contribution in [-0.4, -0.2) is 37.2 Å². The molecule has 0 aliphatic carbocycles. The van der Waals surface area contributed by atoms with Gasteiger partial charge in [-0.25, -0.2) is 0 Å². The second-order valence-electron chi connectivity index (χ2n) is 24.8. The maximum absolute atomic E-state index is 13.0. The molecule has 0 aliphatic heterocycles. The van der Waals surface area contributed by atoms with Crippen molar-refractivity contribution in [2.45, 2.75) is 399 Å². The van der Waals surface area contributed by atoms with E-state index in [1.807, 2.05) is 0 Å². The molecule has 0 amide bonds. The largest absolute Gasteiger partial charge is 0.462 e. The Morgan fingerprint density at radius 1 is 0.253 bits per heavy atom. The van der Waals surface area contributed by atoms with Gasteiger partial charge in [0, 0.05) is 19.3 Å². The number of esters is 3. The number of ether oxygens (including phenoxy) is 3. The lowest BCUT2D eigenvalue weighted by Gasteiger charge is -2.18. The van der Waals surface area contributed by atoms with E-state index in [0.29, 0.717) is 19.3 Å². The van der Waals surface area contributed by atoms with E-state index in [-0.39, 0.29) is 31.1 Å². The standard InChI is InChI=1S/C77H140O6/c1-4-7-10-13-16-19-22-25-28-30-32-34-35-36-37-38-39-40-41-43-44-46-49-52-55-58-61-64-67-70-76(79)82-73-74(72-81-75(78)69-66-63-60-57-54-51-48-27-24-21-18-15-12-9-6-3)83-77(80)71-68-65-62-59-56-53-50-47-45-42-33-31-29-26-23-20-17-14-11-8-5-2/h9,12,18,21,23,26-27,31,33,48,74H,4-8,10-11,13-17,19-20,22,24-25,28-30,32,34-47,49-73H2,1-3H3/b12-9-,21-18-,26-23-,33-31-,48-27-. The number of unbranched alkanes of at least 4 members (excludes halogenated alkanes) is 47. The summed E-state index contributed by atoms with van der Waals surface area (Å²) in [6.45, 7) is 6.57. The summed E-state index contributed by atoms with van der Waals surface area (Å²) in [5.74, 6) is -0.875. The van der Waals surface area contributed by atoms with Crippen LogP contribution in [0.1, 0.15) is 393 Å². The monoisotopic (exact) mass is 1160 g/mol. The quantitative estimate of drug-likeness (QED) is 0.0261. The molecule has 0 fully saturated rings. The van der Waals surface area contributed by atoms with Gasteiger partial charge >= 0.3 is 17.9 Å². The molecule has 0 saturated carbocycles. The summed E-state index contributed by atoms with van der Waals surface area (Å²) in [5.41, 5.74) is 0. The molecule has 1 atom stereocenters. The Balaban J connectivity index is 4.24. The van der Waals surface area contributed by atoms with Crippen molar-refractivity contribution < 1.29 is 28.6 Å². The number of rotatable bonds is 68. The Morgan fingerprint density at radius 3 is 0.735 bits per heavy atom. The van der Waals surface area contributed by atoms with Crippen LogP contribution in [-0.2, 0) is 28.6 Å². The van der Waals surface area contributed by atoms with Crippen molar-refractivity contribution in [3.05, 3.63) is 60.8 Å². The third-order valence-electron chi connectivity index (χ3n) is 16.5. The molecule has 0 aliphatic rings. The molecule has 83 heavy (non-hydrogen) atoms. The van der Waals surface area contributed by atoms with Gasteiger partial charge in [0.2, 0.25) is 0 Å². The maximum atomic E-state index is 13.0. The Kier molecular flexibility index (Phi) is 69.1. The summed E-state index contributed by atoms with van der Waals surface area (Å²) >= 11 is 0. The minimum Gasteiger partial charge on any atom is -0.462 e. The average Bonchev–Trinajstić information content (AvgIpc) is 3.49. The van der Waals surface area contributed by atoms with E-state index in [2.05, 4.69) is 81.5 Å². The van der Waals surface area contributed by atoms with Crippen molar-refractivity contribution in [3.63, 3.8) is 0 Å². The Morgan fingerprint density at radius 2 is 0.470 bits per heavy atom. The first-order chi connectivity index (χ1) is 41.0. The highest BCUT2D eigenvalue weighted by Gasteiger charge is 2.19. The molecule has 0 spiro atoms. The average molecular weight is 1160 g/mol. The molecule has 0 N–H and O–H groups in total. The van der Waals surface area contributed by atoms with Gasteiger partial charge in [-0.2, -0.15) is 0 Å². The highest BCUT2D eigenvalue weighted by atomic mass is 16.6. The van der Waals surface area contributed by atoms with Gasteiger partial charge < -0.3 is 14.2 Å². The minimum atomic E-state index is -0.785. The van der Waals surface area contributed by atoms with Crippen LogP contribution in [0.25, 0.3) is 0 Å². The second-order valence-corrected chi connectivity index (χ2v) is 24.8. The molecule has 0 radical (unpaired) electrons. The molecule has 6 nitrogen and oxygen atoms in total. The normalized spacial score (nSPS) is 12.4. The summed E-state index contributed by atoms with van der Waals surface area (Å²) in [7, 11) is 0. The van der Waals surface area contributed by atoms with Gasteiger partial charge in [0.05, 0.1) is 0 Å². The molecule has 6 heteroatoms. The lowest BCUT2D eigenvalue weighted by atomic mass is 10.0. The molecule has 0 aromatic rings. The SMILES string of the molecule is CC/C=C\C/C=C\C/C=C\CCCCCCCC(=O)OCC(COC(=O)CCCCCCCCCCCCCCCCCCCCCCCCCCCCCCC)OC(=O)CCCCCCCCCCC/C=C\C/C=C\CCCCCCC. The van der Waals surface area contributed by atoms with E-state index < -0.39 is 6.10 Å². The van der Waals surface area contributed by atoms with Crippen molar-refractivity contribution in [1.29, 1.82) is 0 Å². The number of carbonyl (C=O) groups excluding carboxylic acids is 3. The Bertz CT molecular complexity index is 1470. The van der Waals surface area contributed by atoms with E-state index >= 15 is 0 Å². The fourth-order valence-electron chi connectivity index (χ4n) is 11.0. The number of hydrogen-bond donors (Lipinski definition) is 0. The smallest absolute Gasteiger partial charge is 0.306 e. The van der Waals surface area contributed by atoms with Gasteiger partial charge in [-0.1, -0.05) is 351 Å². The molecular weight excluding hydrogens is 1020 g/mol. The van der Waals surface area contributed by atoms with Crippen LogP contribution in [0.5, 0.6) is 0 Å². The summed E-state index contributed by atoms with van der Waals surface area (Å²) < 4.78 is 17.0. The van der Waals surface area contributed by atoms with Crippen molar-refractivity contribution in [2.24, 2.45) is 0 Å². The zero-order chi connectivity index (χ0) is 59.9. The van der Waals surface area contributed by atoms with Crippen LogP contribution >= 0.6 is 0 Å². The topological polar surface area (TPSA) is 78.9 Å². The number of hydrogen-bond acceptors (Lipinski definition) is 6. The van der Waals surface area contributed by atoms with Gasteiger partial charge in [0.1, 0.15) is 13.2 Å². The molecular formula is C77H140O6. The second kappa shape index (κ2) is 71.6. The maximum Gasteiger partial charge on any atom is 0.306 e. The number of carbonyl (C=O) groups is 3. The van der Waals surface area contributed by atoms with Crippen LogP contribution in [0.4, 0.5) is 0 Å². The van der Waals surface area contributed by atoms with Crippen LogP contribution < -0.4 is 0 Å². The summed E-state index contributed by atoms with van der Waals surface area (Å²) in [6, 6.07) is 0. The van der Waals surface area contributed by atoms with Crippen molar-refractivity contribution >= 4 is 17.9 Å². The van der Waals surface area contributed by atoms with E-state index in [1.54, 1.807) is 0 Å². The first-order valence-corrected chi connectivity index (χ1v) is 36.8. The third kappa shape index (κ3) is 69.8. The highest BCUT2D eigenvalue weighted by Crippen LogP contribution is 2.19.